The van der Waals surface area contributed by atoms with Crippen LogP contribution in [0.1, 0.15) is 59.5 Å². The normalized spacial score (nSPS) is 14.1. The Balaban J connectivity index is 1.38. The van der Waals surface area contributed by atoms with Crippen LogP contribution >= 0.6 is 0 Å². The number of hydrogen-bond acceptors (Lipinski definition) is 6. The van der Waals surface area contributed by atoms with Crippen LogP contribution in [0, 0.1) is 38.2 Å². The Labute approximate surface area is 266 Å². The van der Waals surface area contributed by atoms with Crippen molar-refractivity contribution in [2.45, 2.75) is 52.5 Å². The molecule has 5 rings (SSSR count). The van der Waals surface area contributed by atoms with E-state index < -0.39 is 29.6 Å². The first-order valence-electron chi connectivity index (χ1n) is 15.4. The lowest BCUT2D eigenvalue weighted by atomic mass is 9.89. The average molecular weight is 634 g/mol. The number of aryl methyl sites for hydroxylation is 3. The fraction of sp³-hybridized carbons (Fsp3) is 0.343. The summed E-state index contributed by atoms with van der Waals surface area (Å²) < 4.78 is 49.1. The summed E-state index contributed by atoms with van der Waals surface area (Å²) in [5.74, 6) is -2.58. The van der Waals surface area contributed by atoms with E-state index >= 15 is 0 Å². The molecule has 1 aliphatic heterocycles. The summed E-state index contributed by atoms with van der Waals surface area (Å²) in [4.78, 5) is 24.9. The number of nitrogens with one attached hydrogen (secondary N) is 1. The molecule has 2 heterocycles. The molecule has 4 aromatic rings. The van der Waals surface area contributed by atoms with Crippen LogP contribution in [0.15, 0.2) is 60.8 Å². The van der Waals surface area contributed by atoms with Gasteiger partial charge in [0.15, 0.2) is 23.2 Å². The van der Waals surface area contributed by atoms with Crippen molar-refractivity contribution in [1.82, 2.24) is 14.9 Å². The SMILES string of the molecule is Cc1cc(C)c(C(c2ccc(F)c(F)c2)N(C(=O)O)c2ccnc(Nc3ccc(OCCCN4CCCCC4)c(F)c3)n2)c(C)c1. The number of aromatic nitrogens is 2. The minimum Gasteiger partial charge on any atom is -0.490 e. The third-order valence-corrected chi connectivity index (χ3v) is 8.14. The lowest BCUT2D eigenvalue weighted by Crippen LogP contribution is -2.36. The number of rotatable bonds is 11. The molecule has 0 saturated carbocycles. The summed E-state index contributed by atoms with van der Waals surface area (Å²) in [6.07, 6.45) is 4.50. The molecule has 2 N–H and O–H groups in total. The molecule has 1 atom stereocenters. The molecule has 1 aromatic heterocycles. The monoisotopic (exact) mass is 633 g/mol. The molecule has 1 fully saturated rings. The number of ether oxygens (including phenoxy) is 1. The highest BCUT2D eigenvalue weighted by atomic mass is 19.2. The molecule has 3 aromatic carbocycles. The lowest BCUT2D eigenvalue weighted by molar-refractivity contribution is 0.199. The zero-order valence-corrected chi connectivity index (χ0v) is 26.2. The van der Waals surface area contributed by atoms with Crippen molar-refractivity contribution in [1.29, 1.82) is 0 Å². The lowest BCUT2D eigenvalue weighted by Gasteiger charge is -2.32. The summed E-state index contributed by atoms with van der Waals surface area (Å²) in [6, 6.07) is 11.9. The van der Waals surface area contributed by atoms with Crippen LogP contribution in [-0.4, -0.2) is 52.3 Å². The Morgan fingerprint density at radius 2 is 1.70 bits per heavy atom. The average Bonchev–Trinajstić information content (AvgIpc) is 3.01. The van der Waals surface area contributed by atoms with Gasteiger partial charge in [0.05, 0.1) is 12.6 Å². The number of hydrogen-bond donors (Lipinski definition) is 2. The molecule has 0 bridgehead atoms. The largest absolute Gasteiger partial charge is 0.490 e. The summed E-state index contributed by atoms with van der Waals surface area (Å²) >= 11 is 0. The molecule has 0 aliphatic carbocycles. The Morgan fingerprint density at radius 1 is 0.957 bits per heavy atom. The fourth-order valence-electron chi connectivity index (χ4n) is 6.11. The van der Waals surface area contributed by atoms with Gasteiger partial charge >= 0.3 is 6.09 Å². The van der Waals surface area contributed by atoms with Crippen molar-refractivity contribution in [3.63, 3.8) is 0 Å². The van der Waals surface area contributed by atoms with Crippen LogP contribution in [0.25, 0.3) is 0 Å². The number of nitrogens with zero attached hydrogens (tertiary/aromatic N) is 4. The van der Waals surface area contributed by atoms with E-state index in [4.69, 9.17) is 4.74 Å². The van der Waals surface area contributed by atoms with Crippen molar-refractivity contribution in [2.75, 3.05) is 36.5 Å². The van der Waals surface area contributed by atoms with E-state index in [0.29, 0.717) is 17.9 Å². The van der Waals surface area contributed by atoms with Gasteiger partial charge in [-0.05, 0) is 106 Å². The molecule has 242 valence electrons. The quantitative estimate of drug-likeness (QED) is 0.161. The van der Waals surface area contributed by atoms with Gasteiger partial charge in [0.25, 0.3) is 0 Å². The molecule has 1 aliphatic rings. The second-order valence-corrected chi connectivity index (χ2v) is 11.7. The van der Waals surface area contributed by atoms with Crippen LogP contribution in [0.3, 0.4) is 0 Å². The van der Waals surface area contributed by atoms with E-state index in [1.165, 1.54) is 49.7 Å². The van der Waals surface area contributed by atoms with Crippen molar-refractivity contribution in [3.8, 4) is 5.75 Å². The zero-order valence-electron chi connectivity index (χ0n) is 26.2. The Kier molecular flexibility index (Phi) is 10.4. The first-order chi connectivity index (χ1) is 22.1. The van der Waals surface area contributed by atoms with E-state index in [1.54, 1.807) is 6.07 Å². The molecule has 11 heteroatoms. The molecule has 46 heavy (non-hydrogen) atoms. The maximum Gasteiger partial charge on any atom is 0.413 e. The molecule has 1 amide bonds. The van der Waals surface area contributed by atoms with Crippen LogP contribution in [-0.2, 0) is 0 Å². The van der Waals surface area contributed by atoms with Gasteiger partial charge in [-0.3, -0.25) is 0 Å². The van der Waals surface area contributed by atoms with E-state index in [2.05, 4.69) is 20.2 Å². The first-order valence-corrected chi connectivity index (χ1v) is 15.4. The van der Waals surface area contributed by atoms with Crippen molar-refractivity contribution in [3.05, 3.63) is 106 Å². The van der Waals surface area contributed by atoms with Gasteiger partial charge < -0.3 is 20.1 Å². The maximum absolute atomic E-state index is 14.9. The Bertz CT molecular complexity index is 1670. The van der Waals surface area contributed by atoms with E-state index in [0.717, 1.165) is 59.8 Å². The van der Waals surface area contributed by atoms with E-state index in [1.807, 2.05) is 32.9 Å². The fourth-order valence-corrected chi connectivity index (χ4v) is 6.11. The van der Waals surface area contributed by atoms with Crippen molar-refractivity contribution < 1.29 is 27.8 Å². The molecule has 0 radical (unpaired) electrons. The highest BCUT2D eigenvalue weighted by Gasteiger charge is 2.32. The van der Waals surface area contributed by atoms with Crippen molar-refractivity contribution >= 4 is 23.5 Å². The molecule has 1 unspecified atom stereocenters. The van der Waals surface area contributed by atoms with Gasteiger partial charge in [-0.2, -0.15) is 4.98 Å². The standard InChI is InChI=1S/C35H38F3N5O3/c1-22-18-23(2)32(24(3)19-22)33(25-8-10-27(36)28(37)20-25)43(35(44)45)31-12-13-39-34(41-31)40-26-9-11-30(29(38)21-26)46-17-7-16-42-14-5-4-6-15-42/h8-13,18-21,33H,4-7,14-17H2,1-3H3,(H,44,45)(H,39,40,41). The smallest absolute Gasteiger partial charge is 0.413 e. The third-order valence-electron chi connectivity index (χ3n) is 8.14. The number of benzene rings is 3. The number of amides is 1. The van der Waals surface area contributed by atoms with E-state index in [9.17, 15) is 23.1 Å². The van der Waals surface area contributed by atoms with Gasteiger partial charge in [-0.25, -0.2) is 27.8 Å². The van der Waals surface area contributed by atoms with Gasteiger partial charge in [0.2, 0.25) is 5.95 Å². The minimum absolute atomic E-state index is 0.0136. The predicted molar refractivity (Wildman–Crippen MR) is 171 cm³/mol. The topological polar surface area (TPSA) is 90.8 Å². The highest BCUT2D eigenvalue weighted by Crippen LogP contribution is 2.37. The van der Waals surface area contributed by atoms with Gasteiger partial charge in [0.1, 0.15) is 5.82 Å². The number of likely N-dealkylation sites (tertiary alicyclic amines) is 1. The Morgan fingerprint density at radius 3 is 2.37 bits per heavy atom. The summed E-state index contributed by atoms with van der Waals surface area (Å²) in [5, 5.41) is 13.4. The van der Waals surface area contributed by atoms with Crippen LogP contribution < -0.4 is 15.0 Å². The van der Waals surface area contributed by atoms with Gasteiger partial charge in [-0.1, -0.05) is 30.2 Å². The van der Waals surface area contributed by atoms with Gasteiger partial charge in [-0.15, -0.1) is 0 Å². The molecule has 1 saturated heterocycles. The number of anilines is 3. The van der Waals surface area contributed by atoms with Gasteiger partial charge in [0, 0.05) is 24.5 Å². The van der Waals surface area contributed by atoms with Crippen LogP contribution in [0.4, 0.5) is 35.4 Å². The maximum atomic E-state index is 14.9. The van der Waals surface area contributed by atoms with Crippen LogP contribution in [0.2, 0.25) is 0 Å². The second-order valence-electron chi connectivity index (χ2n) is 11.7. The number of piperidine rings is 1. The Hall–Kier alpha value is -4.64. The summed E-state index contributed by atoms with van der Waals surface area (Å²) in [7, 11) is 0. The minimum atomic E-state index is -1.37. The molecular formula is C35H38F3N5O3. The molecular weight excluding hydrogens is 595 g/mol. The summed E-state index contributed by atoms with van der Waals surface area (Å²) in [6.45, 7) is 9.11. The highest BCUT2D eigenvalue weighted by molar-refractivity contribution is 5.87. The van der Waals surface area contributed by atoms with E-state index in [-0.39, 0.29) is 23.1 Å². The van der Waals surface area contributed by atoms with Crippen LogP contribution in [0.5, 0.6) is 5.75 Å². The van der Waals surface area contributed by atoms with Crippen molar-refractivity contribution in [2.24, 2.45) is 0 Å². The number of halogens is 3. The zero-order chi connectivity index (χ0) is 32.8. The number of carbonyl (C=O) groups is 1. The number of carboxylic acid groups (broad SMARTS) is 1. The second kappa shape index (κ2) is 14.6. The third kappa shape index (κ3) is 7.77. The molecule has 8 nitrogen and oxygen atoms in total. The first kappa shape index (κ1) is 32.7. The predicted octanol–water partition coefficient (Wildman–Crippen LogP) is 8.09. The summed E-state index contributed by atoms with van der Waals surface area (Å²) in [5.41, 5.74) is 3.68. The molecule has 0 spiro atoms.